The van der Waals surface area contributed by atoms with Crippen LogP contribution in [0.4, 0.5) is 0 Å². The standard InChI is InChI=1S/C15H20N4/c1-11(2)14-8-9-19(18-14)15-5-3-4-13(17-15)10-16-12-6-7-12/h3-5,8-9,11-12,16H,6-7,10H2,1-2H3. The van der Waals surface area contributed by atoms with Gasteiger partial charge in [0.1, 0.15) is 0 Å². The lowest BCUT2D eigenvalue weighted by molar-refractivity contribution is 0.669. The molecule has 19 heavy (non-hydrogen) atoms. The Balaban J connectivity index is 1.76. The lowest BCUT2D eigenvalue weighted by Crippen LogP contribution is -2.16. The van der Waals surface area contributed by atoms with E-state index in [-0.39, 0.29) is 0 Å². The number of nitrogens with one attached hydrogen (secondary N) is 1. The average Bonchev–Trinajstić information content (AvgIpc) is 3.10. The summed E-state index contributed by atoms with van der Waals surface area (Å²) in [7, 11) is 0. The maximum absolute atomic E-state index is 4.65. The van der Waals surface area contributed by atoms with Crippen molar-refractivity contribution >= 4 is 0 Å². The molecule has 1 fully saturated rings. The fourth-order valence-electron chi connectivity index (χ4n) is 2.00. The summed E-state index contributed by atoms with van der Waals surface area (Å²) in [4.78, 5) is 4.65. The van der Waals surface area contributed by atoms with Gasteiger partial charge in [-0.2, -0.15) is 5.10 Å². The van der Waals surface area contributed by atoms with Crippen LogP contribution in [0, 0.1) is 0 Å². The van der Waals surface area contributed by atoms with Crippen LogP contribution in [-0.4, -0.2) is 20.8 Å². The lowest BCUT2D eigenvalue weighted by atomic mass is 10.1. The maximum atomic E-state index is 4.65. The van der Waals surface area contributed by atoms with Crippen molar-refractivity contribution in [3.05, 3.63) is 41.9 Å². The smallest absolute Gasteiger partial charge is 0.153 e. The van der Waals surface area contributed by atoms with Gasteiger partial charge in [-0.15, -0.1) is 0 Å². The quantitative estimate of drug-likeness (QED) is 0.894. The number of hydrogen-bond acceptors (Lipinski definition) is 3. The Hall–Kier alpha value is -1.68. The Bertz CT molecular complexity index is 555. The van der Waals surface area contributed by atoms with Crippen LogP contribution in [-0.2, 0) is 6.54 Å². The van der Waals surface area contributed by atoms with E-state index in [1.807, 2.05) is 23.0 Å². The van der Waals surface area contributed by atoms with Crippen molar-refractivity contribution in [2.24, 2.45) is 0 Å². The molecule has 2 heterocycles. The van der Waals surface area contributed by atoms with E-state index in [9.17, 15) is 0 Å². The van der Waals surface area contributed by atoms with E-state index in [4.69, 9.17) is 0 Å². The normalized spacial score (nSPS) is 15.1. The third-order valence-corrected chi connectivity index (χ3v) is 3.38. The van der Waals surface area contributed by atoms with E-state index in [1.165, 1.54) is 12.8 Å². The molecule has 0 unspecified atom stereocenters. The van der Waals surface area contributed by atoms with Crippen molar-refractivity contribution in [3.63, 3.8) is 0 Å². The van der Waals surface area contributed by atoms with Gasteiger partial charge in [0.05, 0.1) is 11.4 Å². The molecular weight excluding hydrogens is 236 g/mol. The first-order valence-electron chi connectivity index (χ1n) is 6.97. The summed E-state index contributed by atoms with van der Waals surface area (Å²) in [5, 5.41) is 8.05. The second-order valence-electron chi connectivity index (χ2n) is 5.48. The molecule has 0 bridgehead atoms. The lowest BCUT2D eigenvalue weighted by Gasteiger charge is -2.05. The molecule has 0 radical (unpaired) electrons. The summed E-state index contributed by atoms with van der Waals surface area (Å²) >= 11 is 0. The predicted octanol–water partition coefficient (Wildman–Crippen LogP) is 2.64. The summed E-state index contributed by atoms with van der Waals surface area (Å²) < 4.78 is 1.86. The summed E-state index contributed by atoms with van der Waals surface area (Å²) in [5.41, 5.74) is 2.18. The third-order valence-electron chi connectivity index (χ3n) is 3.38. The van der Waals surface area contributed by atoms with Gasteiger partial charge in [-0.25, -0.2) is 9.67 Å². The minimum atomic E-state index is 0.445. The molecule has 0 spiro atoms. The first kappa shape index (κ1) is 12.4. The number of pyridine rings is 1. The fourth-order valence-corrected chi connectivity index (χ4v) is 2.00. The fraction of sp³-hybridized carbons (Fsp3) is 0.467. The molecule has 2 aromatic rings. The minimum Gasteiger partial charge on any atom is -0.308 e. The molecule has 1 saturated carbocycles. The highest BCUT2D eigenvalue weighted by molar-refractivity contribution is 5.25. The molecule has 3 rings (SSSR count). The van der Waals surface area contributed by atoms with Crippen LogP contribution in [0.15, 0.2) is 30.5 Å². The molecule has 1 aliphatic carbocycles. The van der Waals surface area contributed by atoms with Crippen LogP contribution in [0.5, 0.6) is 0 Å². The second kappa shape index (κ2) is 5.13. The molecule has 0 amide bonds. The molecule has 4 nitrogen and oxygen atoms in total. The SMILES string of the molecule is CC(C)c1ccn(-c2cccc(CNC3CC3)n2)n1. The first-order valence-corrected chi connectivity index (χ1v) is 6.97. The second-order valence-corrected chi connectivity index (χ2v) is 5.48. The van der Waals surface area contributed by atoms with Gasteiger partial charge < -0.3 is 5.32 Å². The molecule has 4 heteroatoms. The Kier molecular flexibility index (Phi) is 3.34. The van der Waals surface area contributed by atoms with Gasteiger partial charge in [0, 0.05) is 18.8 Å². The van der Waals surface area contributed by atoms with E-state index < -0.39 is 0 Å². The highest BCUT2D eigenvalue weighted by Crippen LogP contribution is 2.19. The molecule has 100 valence electrons. The Morgan fingerprint density at radius 3 is 2.84 bits per heavy atom. The van der Waals surface area contributed by atoms with E-state index in [0.717, 1.165) is 23.8 Å². The van der Waals surface area contributed by atoms with Crippen molar-refractivity contribution in [1.82, 2.24) is 20.1 Å². The topological polar surface area (TPSA) is 42.7 Å². The van der Waals surface area contributed by atoms with Crippen LogP contribution < -0.4 is 5.32 Å². The monoisotopic (exact) mass is 256 g/mol. The summed E-state index contributed by atoms with van der Waals surface area (Å²) in [6, 6.07) is 8.87. The van der Waals surface area contributed by atoms with E-state index in [2.05, 4.69) is 41.4 Å². The highest BCUT2D eigenvalue weighted by Gasteiger charge is 2.20. The van der Waals surface area contributed by atoms with Crippen molar-refractivity contribution in [1.29, 1.82) is 0 Å². The average molecular weight is 256 g/mol. The Labute approximate surface area is 113 Å². The maximum Gasteiger partial charge on any atom is 0.153 e. The predicted molar refractivity (Wildman–Crippen MR) is 75.3 cm³/mol. The zero-order valence-corrected chi connectivity index (χ0v) is 11.5. The Morgan fingerprint density at radius 2 is 2.16 bits per heavy atom. The van der Waals surface area contributed by atoms with Crippen LogP contribution >= 0.6 is 0 Å². The third kappa shape index (κ3) is 3.01. The molecular formula is C15H20N4. The van der Waals surface area contributed by atoms with Gasteiger partial charge >= 0.3 is 0 Å². The van der Waals surface area contributed by atoms with Gasteiger partial charge in [-0.05, 0) is 37.0 Å². The van der Waals surface area contributed by atoms with Gasteiger partial charge in [-0.1, -0.05) is 19.9 Å². The Morgan fingerprint density at radius 1 is 1.32 bits per heavy atom. The van der Waals surface area contributed by atoms with Crippen molar-refractivity contribution in [2.75, 3.05) is 0 Å². The van der Waals surface area contributed by atoms with Crippen LogP contribution in [0.25, 0.3) is 5.82 Å². The zero-order chi connectivity index (χ0) is 13.2. The molecule has 1 aliphatic rings. The van der Waals surface area contributed by atoms with Gasteiger partial charge in [0.25, 0.3) is 0 Å². The number of nitrogens with zero attached hydrogens (tertiary/aromatic N) is 3. The zero-order valence-electron chi connectivity index (χ0n) is 11.5. The molecule has 2 aromatic heterocycles. The van der Waals surface area contributed by atoms with Gasteiger partial charge in [0.15, 0.2) is 5.82 Å². The minimum absolute atomic E-state index is 0.445. The van der Waals surface area contributed by atoms with Gasteiger partial charge in [0.2, 0.25) is 0 Å². The van der Waals surface area contributed by atoms with Crippen LogP contribution in [0.1, 0.15) is 44.0 Å². The number of rotatable bonds is 5. The van der Waals surface area contributed by atoms with Crippen molar-refractivity contribution in [3.8, 4) is 5.82 Å². The van der Waals surface area contributed by atoms with Crippen LogP contribution in [0.2, 0.25) is 0 Å². The van der Waals surface area contributed by atoms with Crippen LogP contribution in [0.3, 0.4) is 0 Å². The first-order chi connectivity index (χ1) is 9.22. The molecule has 1 N–H and O–H groups in total. The molecule has 0 saturated heterocycles. The largest absolute Gasteiger partial charge is 0.308 e. The van der Waals surface area contributed by atoms with Gasteiger partial charge in [-0.3, -0.25) is 0 Å². The number of hydrogen-bond donors (Lipinski definition) is 1. The molecule has 0 aliphatic heterocycles. The van der Waals surface area contributed by atoms with E-state index >= 15 is 0 Å². The summed E-state index contributed by atoms with van der Waals surface area (Å²) in [5.74, 6) is 1.34. The van der Waals surface area contributed by atoms with E-state index in [1.54, 1.807) is 0 Å². The number of aromatic nitrogens is 3. The van der Waals surface area contributed by atoms with E-state index in [0.29, 0.717) is 12.0 Å². The summed E-state index contributed by atoms with van der Waals surface area (Å²) in [6.07, 6.45) is 4.59. The summed E-state index contributed by atoms with van der Waals surface area (Å²) in [6.45, 7) is 5.14. The highest BCUT2D eigenvalue weighted by atomic mass is 15.3. The molecule has 0 aromatic carbocycles. The van der Waals surface area contributed by atoms with Crippen molar-refractivity contribution in [2.45, 2.75) is 45.2 Å². The van der Waals surface area contributed by atoms with Crippen molar-refractivity contribution < 1.29 is 0 Å². The molecule has 0 atom stereocenters.